The first-order valence-corrected chi connectivity index (χ1v) is 5.91. The van der Waals surface area contributed by atoms with Gasteiger partial charge in [-0.05, 0) is 24.3 Å². The summed E-state index contributed by atoms with van der Waals surface area (Å²) in [4.78, 5) is 4.30. The van der Waals surface area contributed by atoms with Crippen molar-refractivity contribution in [2.45, 2.75) is 19.1 Å². The Balaban J connectivity index is 1.92. The SMILES string of the molecule is FC(F)(F)c1ccc(-c2nc3c(o2)CCNC3)cc1. The molecule has 6 heteroatoms. The topological polar surface area (TPSA) is 38.1 Å². The van der Waals surface area contributed by atoms with Crippen molar-refractivity contribution in [3.8, 4) is 11.5 Å². The van der Waals surface area contributed by atoms with E-state index < -0.39 is 11.7 Å². The van der Waals surface area contributed by atoms with E-state index in [1.165, 1.54) is 12.1 Å². The molecule has 0 radical (unpaired) electrons. The van der Waals surface area contributed by atoms with Crippen molar-refractivity contribution in [2.24, 2.45) is 0 Å². The number of hydrogen-bond acceptors (Lipinski definition) is 3. The zero-order valence-electron chi connectivity index (χ0n) is 9.92. The van der Waals surface area contributed by atoms with E-state index in [1.54, 1.807) is 0 Å². The van der Waals surface area contributed by atoms with Crippen LogP contribution in [0.2, 0.25) is 0 Å². The zero-order chi connectivity index (χ0) is 13.5. The third-order valence-electron chi connectivity index (χ3n) is 3.06. The molecule has 0 bridgehead atoms. The van der Waals surface area contributed by atoms with Gasteiger partial charge in [-0.1, -0.05) is 0 Å². The summed E-state index contributed by atoms with van der Waals surface area (Å²) in [5.41, 5.74) is 0.720. The second-order valence-electron chi connectivity index (χ2n) is 4.39. The molecule has 1 N–H and O–H groups in total. The molecule has 2 heterocycles. The first kappa shape index (κ1) is 12.2. The highest BCUT2D eigenvalue weighted by atomic mass is 19.4. The highest BCUT2D eigenvalue weighted by molar-refractivity contribution is 5.54. The van der Waals surface area contributed by atoms with Gasteiger partial charge in [-0.25, -0.2) is 4.98 Å². The number of benzene rings is 1. The minimum absolute atomic E-state index is 0.377. The summed E-state index contributed by atoms with van der Waals surface area (Å²) in [5.74, 6) is 1.19. The zero-order valence-corrected chi connectivity index (χ0v) is 9.92. The van der Waals surface area contributed by atoms with Crippen LogP contribution in [0.4, 0.5) is 13.2 Å². The average molecular weight is 268 g/mol. The Morgan fingerprint density at radius 3 is 2.53 bits per heavy atom. The number of aromatic nitrogens is 1. The molecule has 0 aliphatic carbocycles. The second kappa shape index (κ2) is 4.38. The first-order chi connectivity index (χ1) is 9.04. The summed E-state index contributed by atoms with van der Waals surface area (Å²) in [6.45, 7) is 1.47. The van der Waals surface area contributed by atoms with Gasteiger partial charge in [0.1, 0.15) is 5.76 Å². The van der Waals surface area contributed by atoms with Gasteiger partial charge in [-0.3, -0.25) is 0 Å². The van der Waals surface area contributed by atoms with Crippen LogP contribution >= 0.6 is 0 Å². The number of alkyl halides is 3. The minimum Gasteiger partial charge on any atom is -0.441 e. The maximum absolute atomic E-state index is 12.5. The van der Waals surface area contributed by atoms with Crippen molar-refractivity contribution in [1.29, 1.82) is 0 Å². The van der Waals surface area contributed by atoms with Gasteiger partial charge < -0.3 is 9.73 Å². The predicted molar refractivity (Wildman–Crippen MR) is 62.4 cm³/mol. The quantitative estimate of drug-likeness (QED) is 0.864. The molecule has 0 amide bonds. The molecular formula is C13H11F3N2O. The number of nitrogens with zero attached hydrogens (tertiary/aromatic N) is 1. The molecule has 0 spiro atoms. The molecule has 3 rings (SSSR count). The lowest BCUT2D eigenvalue weighted by Crippen LogP contribution is -2.22. The lowest BCUT2D eigenvalue weighted by Gasteiger charge is -2.08. The molecule has 1 aromatic carbocycles. The Labute approximate surface area is 107 Å². The molecular weight excluding hydrogens is 257 g/mol. The van der Waals surface area contributed by atoms with E-state index in [-0.39, 0.29) is 0 Å². The van der Waals surface area contributed by atoms with Gasteiger partial charge in [0.25, 0.3) is 0 Å². The van der Waals surface area contributed by atoms with Crippen LogP contribution in [0.5, 0.6) is 0 Å². The Hall–Kier alpha value is -1.82. The fourth-order valence-corrected chi connectivity index (χ4v) is 2.05. The molecule has 0 saturated heterocycles. The van der Waals surface area contributed by atoms with Gasteiger partial charge >= 0.3 is 6.18 Å². The third kappa shape index (κ3) is 2.35. The maximum Gasteiger partial charge on any atom is 0.416 e. The van der Waals surface area contributed by atoms with Crippen LogP contribution in [0.15, 0.2) is 28.7 Å². The van der Waals surface area contributed by atoms with Crippen molar-refractivity contribution in [2.75, 3.05) is 6.54 Å². The van der Waals surface area contributed by atoms with Crippen LogP contribution in [0.3, 0.4) is 0 Å². The Morgan fingerprint density at radius 2 is 1.89 bits per heavy atom. The van der Waals surface area contributed by atoms with Crippen molar-refractivity contribution in [3.63, 3.8) is 0 Å². The van der Waals surface area contributed by atoms with Crippen LogP contribution in [0.25, 0.3) is 11.5 Å². The number of halogens is 3. The van der Waals surface area contributed by atoms with Crippen molar-refractivity contribution >= 4 is 0 Å². The minimum atomic E-state index is -4.32. The summed E-state index contributed by atoms with van der Waals surface area (Å²) in [5, 5.41) is 3.16. The van der Waals surface area contributed by atoms with Gasteiger partial charge in [0, 0.05) is 25.1 Å². The largest absolute Gasteiger partial charge is 0.441 e. The van der Waals surface area contributed by atoms with Crippen LogP contribution in [0, 0.1) is 0 Å². The molecule has 1 aliphatic heterocycles. The Kier molecular flexibility index (Phi) is 2.82. The summed E-state index contributed by atoms with van der Waals surface area (Å²) in [7, 11) is 0. The summed E-state index contributed by atoms with van der Waals surface area (Å²) in [6.07, 6.45) is -3.57. The summed E-state index contributed by atoms with van der Waals surface area (Å²) in [6, 6.07) is 4.84. The molecule has 0 saturated carbocycles. The van der Waals surface area contributed by atoms with Crippen LogP contribution in [0.1, 0.15) is 17.0 Å². The highest BCUT2D eigenvalue weighted by Crippen LogP contribution is 2.31. The maximum atomic E-state index is 12.5. The van der Waals surface area contributed by atoms with E-state index in [9.17, 15) is 13.2 Å². The number of fused-ring (bicyclic) bond motifs is 1. The fraction of sp³-hybridized carbons (Fsp3) is 0.308. The molecule has 1 aromatic heterocycles. The third-order valence-corrected chi connectivity index (χ3v) is 3.06. The Bertz CT molecular complexity index is 563. The average Bonchev–Trinajstić information content (AvgIpc) is 2.81. The van der Waals surface area contributed by atoms with E-state index in [0.29, 0.717) is 18.0 Å². The second-order valence-corrected chi connectivity index (χ2v) is 4.39. The Morgan fingerprint density at radius 1 is 1.16 bits per heavy atom. The monoisotopic (exact) mass is 268 g/mol. The molecule has 1 aliphatic rings. The van der Waals surface area contributed by atoms with E-state index >= 15 is 0 Å². The molecule has 100 valence electrons. The molecule has 0 fully saturated rings. The van der Waals surface area contributed by atoms with Crippen molar-refractivity contribution in [1.82, 2.24) is 10.3 Å². The smallest absolute Gasteiger partial charge is 0.416 e. The van der Waals surface area contributed by atoms with E-state index in [4.69, 9.17) is 4.42 Å². The molecule has 3 nitrogen and oxygen atoms in total. The van der Waals surface area contributed by atoms with E-state index in [2.05, 4.69) is 10.3 Å². The van der Waals surface area contributed by atoms with Crippen molar-refractivity contribution in [3.05, 3.63) is 41.3 Å². The molecule has 2 aromatic rings. The molecule has 0 atom stereocenters. The normalized spacial score (nSPS) is 15.3. The number of nitrogens with one attached hydrogen (secondary N) is 1. The first-order valence-electron chi connectivity index (χ1n) is 5.91. The van der Waals surface area contributed by atoms with Crippen LogP contribution < -0.4 is 5.32 Å². The lowest BCUT2D eigenvalue weighted by molar-refractivity contribution is -0.137. The van der Waals surface area contributed by atoms with Crippen LogP contribution in [-0.4, -0.2) is 11.5 Å². The van der Waals surface area contributed by atoms with E-state index in [0.717, 1.165) is 36.6 Å². The van der Waals surface area contributed by atoms with Gasteiger partial charge in [-0.15, -0.1) is 0 Å². The summed E-state index contributed by atoms with van der Waals surface area (Å²) < 4.78 is 43.0. The van der Waals surface area contributed by atoms with Gasteiger partial charge in [0.2, 0.25) is 5.89 Å². The highest BCUT2D eigenvalue weighted by Gasteiger charge is 2.30. The molecule has 19 heavy (non-hydrogen) atoms. The number of hydrogen-bond donors (Lipinski definition) is 1. The van der Waals surface area contributed by atoms with Gasteiger partial charge in [-0.2, -0.15) is 13.2 Å². The van der Waals surface area contributed by atoms with Gasteiger partial charge in [0.05, 0.1) is 11.3 Å². The van der Waals surface area contributed by atoms with Gasteiger partial charge in [0.15, 0.2) is 0 Å². The lowest BCUT2D eigenvalue weighted by atomic mass is 10.1. The number of oxazole rings is 1. The van der Waals surface area contributed by atoms with E-state index in [1.807, 2.05) is 0 Å². The number of rotatable bonds is 1. The van der Waals surface area contributed by atoms with Crippen molar-refractivity contribution < 1.29 is 17.6 Å². The van der Waals surface area contributed by atoms with Crippen LogP contribution in [-0.2, 0) is 19.1 Å². The summed E-state index contributed by atoms with van der Waals surface area (Å²) >= 11 is 0. The molecule has 0 unspecified atom stereocenters. The standard InChI is InChI=1S/C13H11F3N2O/c14-13(15,16)9-3-1-8(2-4-9)12-18-10-7-17-6-5-11(10)19-12/h1-4,17H,5-7H2. The predicted octanol–water partition coefficient (Wildman–Crippen LogP) is 3.01. The fourth-order valence-electron chi connectivity index (χ4n) is 2.05.